The number of carbonyl (C=O) groups is 1. The highest BCUT2D eigenvalue weighted by Crippen LogP contribution is 2.30. The number of benzene rings is 2. The first-order valence-electron chi connectivity index (χ1n) is 8.03. The van der Waals surface area contributed by atoms with Gasteiger partial charge in [-0.05, 0) is 43.2 Å². The molecule has 2 aromatic rings. The summed E-state index contributed by atoms with van der Waals surface area (Å²) in [6.07, 6.45) is 3.20. The molecule has 3 rings (SSSR count). The minimum absolute atomic E-state index is 0.141. The number of nitrogens with one attached hydrogen (secondary N) is 1. The Labute approximate surface area is 142 Å². The zero-order chi connectivity index (χ0) is 16.9. The van der Waals surface area contributed by atoms with Crippen molar-refractivity contribution in [2.75, 3.05) is 13.2 Å². The van der Waals surface area contributed by atoms with Crippen LogP contribution < -0.4 is 14.8 Å². The summed E-state index contributed by atoms with van der Waals surface area (Å²) in [5, 5.41) is 2.85. The predicted molar refractivity (Wildman–Crippen MR) is 94.3 cm³/mol. The van der Waals surface area contributed by atoms with Gasteiger partial charge in [0.2, 0.25) is 5.91 Å². The average molecular weight is 323 g/mol. The van der Waals surface area contributed by atoms with Gasteiger partial charge >= 0.3 is 0 Å². The lowest BCUT2D eigenvalue weighted by atomic mass is 10.1. The van der Waals surface area contributed by atoms with Crippen LogP contribution in [0.5, 0.6) is 11.5 Å². The van der Waals surface area contributed by atoms with E-state index in [0.717, 1.165) is 16.9 Å². The van der Waals surface area contributed by atoms with Gasteiger partial charge in [-0.3, -0.25) is 4.79 Å². The molecule has 1 atom stereocenters. The lowest BCUT2D eigenvalue weighted by Gasteiger charge is -2.26. The molecule has 1 N–H and O–H groups in total. The fourth-order valence-corrected chi connectivity index (χ4v) is 2.62. The highest BCUT2D eigenvalue weighted by Gasteiger charge is 2.20. The molecule has 1 heterocycles. The van der Waals surface area contributed by atoms with Crippen LogP contribution in [-0.2, 0) is 4.79 Å². The van der Waals surface area contributed by atoms with E-state index < -0.39 is 0 Å². The number of aryl methyl sites for hydroxylation is 2. The molecule has 0 saturated carbocycles. The van der Waals surface area contributed by atoms with Gasteiger partial charge in [-0.1, -0.05) is 35.9 Å². The van der Waals surface area contributed by atoms with E-state index in [1.165, 1.54) is 5.56 Å². The van der Waals surface area contributed by atoms with Gasteiger partial charge in [-0.25, -0.2) is 0 Å². The van der Waals surface area contributed by atoms with Gasteiger partial charge in [0.15, 0.2) is 11.5 Å². The Morgan fingerprint density at radius 2 is 2.00 bits per heavy atom. The molecule has 1 aliphatic rings. The standard InChI is InChI=1S/C20H21NO3/c1-14-7-8-16(15(2)11-14)9-10-20(22)21-12-17-13-23-18-5-3-4-6-19(18)24-17/h3-11,17H,12-13H2,1-2H3,(H,21,22)/b10-9+/t17-/m1/s1. The molecule has 24 heavy (non-hydrogen) atoms. The third-order valence-corrected chi connectivity index (χ3v) is 3.91. The Bertz CT molecular complexity index is 767. The van der Waals surface area contributed by atoms with E-state index in [9.17, 15) is 4.79 Å². The van der Waals surface area contributed by atoms with Crippen LogP contribution in [0, 0.1) is 13.8 Å². The molecule has 4 heteroatoms. The predicted octanol–water partition coefficient (Wildman–Crippen LogP) is 3.27. The van der Waals surface area contributed by atoms with Crippen molar-refractivity contribution in [1.82, 2.24) is 5.32 Å². The van der Waals surface area contributed by atoms with Crippen molar-refractivity contribution >= 4 is 12.0 Å². The van der Waals surface area contributed by atoms with Crippen molar-refractivity contribution in [2.24, 2.45) is 0 Å². The second kappa shape index (κ2) is 7.21. The van der Waals surface area contributed by atoms with Crippen LogP contribution in [0.1, 0.15) is 16.7 Å². The number of hydrogen-bond acceptors (Lipinski definition) is 3. The van der Waals surface area contributed by atoms with E-state index in [2.05, 4.69) is 18.3 Å². The highest BCUT2D eigenvalue weighted by atomic mass is 16.6. The molecule has 0 unspecified atom stereocenters. The molecular weight excluding hydrogens is 302 g/mol. The summed E-state index contributed by atoms with van der Waals surface area (Å²) in [5.74, 6) is 1.32. The number of fused-ring (bicyclic) bond motifs is 1. The SMILES string of the molecule is Cc1ccc(/C=C/C(=O)NC[C@@H]2COc3ccccc3O2)c(C)c1. The molecule has 1 aliphatic heterocycles. The molecule has 4 nitrogen and oxygen atoms in total. The molecule has 1 amide bonds. The summed E-state index contributed by atoms with van der Waals surface area (Å²) in [6.45, 7) is 4.93. The van der Waals surface area contributed by atoms with Crippen molar-refractivity contribution in [1.29, 1.82) is 0 Å². The summed E-state index contributed by atoms with van der Waals surface area (Å²) in [7, 11) is 0. The number of hydrogen-bond donors (Lipinski definition) is 1. The van der Waals surface area contributed by atoms with E-state index in [1.807, 2.05) is 49.4 Å². The summed E-state index contributed by atoms with van der Waals surface area (Å²) in [6, 6.07) is 13.7. The van der Waals surface area contributed by atoms with Crippen LogP contribution in [-0.4, -0.2) is 25.2 Å². The van der Waals surface area contributed by atoms with Gasteiger partial charge in [0, 0.05) is 6.08 Å². The van der Waals surface area contributed by atoms with E-state index in [4.69, 9.17) is 9.47 Å². The number of amides is 1. The first kappa shape index (κ1) is 16.1. The smallest absolute Gasteiger partial charge is 0.244 e. The van der Waals surface area contributed by atoms with Crippen LogP contribution in [0.3, 0.4) is 0 Å². The normalized spacial score (nSPS) is 16.2. The second-order valence-corrected chi connectivity index (χ2v) is 5.94. The molecule has 124 valence electrons. The maximum Gasteiger partial charge on any atom is 0.244 e. The largest absolute Gasteiger partial charge is 0.486 e. The summed E-state index contributed by atoms with van der Waals surface area (Å²) in [5.41, 5.74) is 3.41. The van der Waals surface area contributed by atoms with Crippen LogP contribution in [0.2, 0.25) is 0 Å². The quantitative estimate of drug-likeness (QED) is 0.879. The Morgan fingerprint density at radius 3 is 2.79 bits per heavy atom. The molecule has 0 spiro atoms. The second-order valence-electron chi connectivity index (χ2n) is 5.94. The monoisotopic (exact) mass is 323 g/mol. The van der Waals surface area contributed by atoms with Crippen molar-refractivity contribution < 1.29 is 14.3 Å². The Balaban J connectivity index is 1.52. The molecule has 0 saturated heterocycles. The van der Waals surface area contributed by atoms with Gasteiger partial charge in [0.1, 0.15) is 12.7 Å². The Morgan fingerprint density at radius 1 is 1.21 bits per heavy atom. The third kappa shape index (κ3) is 3.96. The molecule has 0 bridgehead atoms. The fourth-order valence-electron chi connectivity index (χ4n) is 2.62. The minimum Gasteiger partial charge on any atom is -0.486 e. The van der Waals surface area contributed by atoms with E-state index in [0.29, 0.717) is 18.9 Å². The fraction of sp³-hybridized carbons (Fsp3) is 0.250. The van der Waals surface area contributed by atoms with E-state index in [-0.39, 0.29) is 12.0 Å². The van der Waals surface area contributed by atoms with Crippen LogP contribution in [0.25, 0.3) is 6.08 Å². The van der Waals surface area contributed by atoms with Crippen molar-refractivity contribution in [3.8, 4) is 11.5 Å². The number of rotatable bonds is 4. The molecule has 0 fully saturated rings. The van der Waals surface area contributed by atoms with E-state index >= 15 is 0 Å². The number of ether oxygens (including phenoxy) is 2. The first-order valence-corrected chi connectivity index (χ1v) is 8.03. The van der Waals surface area contributed by atoms with E-state index in [1.54, 1.807) is 6.08 Å². The van der Waals surface area contributed by atoms with Crippen molar-refractivity contribution in [2.45, 2.75) is 20.0 Å². The lowest BCUT2D eigenvalue weighted by Crippen LogP contribution is -2.40. The summed E-state index contributed by atoms with van der Waals surface area (Å²) in [4.78, 5) is 12.0. The minimum atomic E-state index is -0.182. The van der Waals surface area contributed by atoms with Crippen LogP contribution in [0.15, 0.2) is 48.5 Å². The third-order valence-electron chi connectivity index (χ3n) is 3.91. The number of para-hydroxylation sites is 2. The first-order chi connectivity index (χ1) is 11.6. The molecule has 0 aliphatic carbocycles. The van der Waals surface area contributed by atoms with Crippen molar-refractivity contribution in [3.05, 3.63) is 65.2 Å². The number of carbonyl (C=O) groups excluding carboxylic acids is 1. The van der Waals surface area contributed by atoms with Gasteiger partial charge in [-0.2, -0.15) is 0 Å². The van der Waals surface area contributed by atoms with Gasteiger partial charge in [0.05, 0.1) is 6.54 Å². The van der Waals surface area contributed by atoms with Crippen LogP contribution in [0.4, 0.5) is 0 Å². The zero-order valence-electron chi connectivity index (χ0n) is 13.9. The van der Waals surface area contributed by atoms with Crippen LogP contribution >= 0.6 is 0 Å². The summed E-state index contributed by atoms with van der Waals surface area (Å²) >= 11 is 0. The molecule has 0 radical (unpaired) electrons. The van der Waals surface area contributed by atoms with Gasteiger partial charge in [0.25, 0.3) is 0 Å². The summed E-state index contributed by atoms with van der Waals surface area (Å²) < 4.78 is 11.4. The Hall–Kier alpha value is -2.75. The zero-order valence-corrected chi connectivity index (χ0v) is 13.9. The molecule has 2 aromatic carbocycles. The molecular formula is C20H21NO3. The maximum absolute atomic E-state index is 12.0. The van der Waals surface area contributed by atoms with Crippen molar-refractivity contribution in [3.63, 3.8) is 0 Å². The molecule has 0 aromatic heterocycles. The van der Waals surface area contributed by atoms with Gasteiger partial charge < -0.3 is 14.8 Å². The lowest BCUT2D eigenvalue weighted by molar-refractivity contribution is -0.116. The average Bonchev–Trinajstić information content (AvgIpc) is 2.59. The topological polar surface area (TPSA) is 47.6 Å². The van der Waals surface area contributed by atoms with Gasteiger partial charge in [-0.15, -0.1) is 0 Å². The highest BCUT2D eigenvalue weighted by molar-refractivity contribution is 5.91. The Kier molecular flexibility index (Phi) is 4.85. The maximum atomic E-state index is 12.0.